The summed E-state index contributed by atoms with van der Waals surface area (Å²) in [5.74, 6) is 1.52. The lowest BCUT2D eigenvalue weighted by atomic mass is 9.93. The van der Waals surface area contributed by atoms with E-state index in [1.807, 2.05) is 23.1 Å². The zero-order chi connectivity index (χ0) is 16.7. The van der Waals surface area contributed by atoms with Gasteiger partial charge in [-0.25, -0.2) is 0 Å². The number of H-pyrrole nitrogens is 1. The van der Waals surface area contributed by atoms with Crippen molar-refractivity contribution in [2.24, 2.45) is 0 Å². The third-order valence-electron chi connectivity index (χ3n) is 5.45. The summed E-state index contributed by atoms with van der Waals surface area (Å²) in [6, 6.07) is 7.95. The van der Waals surface area contributed by atoms with Gasteiger partial charge in [0.25, 0.3) is 5.91 Å². The lowest BCUT2D eigenvalue weighted by molar-refractivity contribution is 0.0700. The Kier molecular flexibility index (Phi) is 3.79. The molecule has 0 bridgehead atoms. The minimum absolute atomic E-state index is 0.0809. The Morgan fingerprint density at radius 3 is 3.00 bits per heavy atom. The number of carbonyl (C=O) groups excluding carboxylic acids is 1. The molecule has 3 heterocycles. The molecule has 5 nitrogen and oxygen atoms in total. The second-order valence-electron chi connectivity index (χ2n) is 6.94. The topological polar surface area (TPSA) is 58.2 Å². The molecule has 1 aromatic carbocycles. The third kappa shape index (κ3) is 2.48. The number of nitrogens with zero attached hydrogens (tertiary/aromatic N) is 2. The molecular weight excluding hydrogens is 302 g/mol. The van der Waals surface area contributed by atoms with Crippen LogP contribution in [0.1, 0.15) is 60.1 Å². The van der Waals surface area contributed by atoms with Gasteiger partial charge in [-0.05, 0) is 31.9 Å². The summed E-state index contributed by atoms with van der Waals surface area (Å²) in [5, 5.41) is 7.09. The molecule has 0 aliphatic carbocycles. The van der Waals surface area contributed by atoms with Crippen LogP contribution < -0.4 is 4.74 Å². The monoisotopic (exact) mass is 325 g/mol. The first-order valence-electron chi connectivity index (χ1n) is 8.73. The van der Waals surface area contributed by atoms with Crippen molar-refractivity contribution >= 4 is 5.91 Å². The molecule has 24 heavy (non-hydrogen) atoms. The Morgan fingerprint density at radius 2 is 2.21 bits per heavy atom. The molecule has 4 rings (SSSR count). The highest BCUT2D eigenvalue weighted by molar-refractivity contribution is 5.97. The molecule has 126 valence electrons. The van der Waals surface area contributed by atoms with E-state index >= 15 is 0 Å². The molecule has 0 saturated carbocycles. The molecule has 0 unspecified atom stereocenters. The van der Waals surface area contributed by atoms with Crippen LogP contribution in [-0.2, 0) is 0 Å². The predicted molar refractivity (Wildman–Crippen MR) is 91.4 cm³/mol. The van der Waals surface area contributed by atoms with Gasteiger partial charge in [-0.3, -0.25) is 9.89 Å². The van der Waals surface area contributed by atoms with Gasteiger partial charge < -0.3 is 9.64 Å². The molecule has 0 spiro atoms. The number of nitrogens with one attached hydrogen (secondary N) is 1. The van der Waals surface area contributed by atoms with Crippen LogP contribution in [0.25, 0.3) is 0 Å². The normalized spacial score (nSPS) is 26.1. The Balaban J connectivity index is 1.59. The number of aromatic nitrogens is 2. The number of amides is 1. The molecule has 5 heteroatoms. The summed E-state index contributed by atoms with van der Waals surface area (Å²) in [4.78, 5) is 15.1. The molecule has 0 radical (unpaired) electrons. The van der Waals surface area contributed by atoms with Crippen LogP contribution in [0.15, 0.2) is 30.5 Å². The van der Waals surface area contributed by atoms with E-state index in [-0.39, 0.29) is 12.0 Å². The highest BCUT2D eigenvalue weighted by Crippen LogP contribution is 2.41. The average molecular weight is 325 g/mol. The molecule has 1 N–H and O–H groups in total. The largest absolute Gasteiger partial charge is 0.489 e. The first-order valence-corrected chi connectivity index (χ1v) is 8.73. The van der Waals surface area contributed by atoms with Crippen molar-refractivity contribution in [1.82, 2.24) is 15.1 Å². The number of hydrogen-bond acceptors (Lipinski definition) is 3. The van der Waals surface area contributed by atoms with Crippen LogP contribution in [-0.4, -0.2) is 40.2 Å². The number of likely N-dealkylation sites (tertiary alicyclic amines) is 1. The lowest BCUT2D eigenvalue weighted by Crippen LogP contribution is -2.39. The van der Waals surface area contributed by atoms with E-state index in [0.29, 0.717) is 17.4 Å². The fourth-order valence-corrected chi connectivity index (χ4v) is 3.83. The summed E-state index contributed by atoms with van der Waals surface area (Å²) < 4.78 is 6.00. The highest BCUT2D eigenvalue weighted by atomic mass is 16.5. The molecule has 1 aromatic heterocycles. The Labute approximate surface area is 142 Å². The van der Waals surface area contributed by atoms with Gasteiger partial charge in [0.05, 0.1) is 5.56 Å². The highest BCUT2D eigenvalue weighted by Gasteiger charge is 2.33. The maximum atomic E-state index is 13.1. The molecule has 2 aliphatic rings. The van der Waals surface area contributed by atoms with Crippen LogP contribution in [0, 0.1) is 0 Å². The first-order chi connectivity index (χ1) is 11.6. The number of hydrogen-bond donors (Lipinski definition) is 1. The van der Waals surface area contributed by atoms with E-state index in [1.165, 1.54) is 0 Å². The van der Waals surface area contributed by atoms with Crippen LogP contribution in [0.4, 0.5) is 0 Å². The van der Waals surface area contributed by atoms with Gasteiger partial charge >= 0.3 is 0 Å². The van der Waals surface area contributed by atoms with Crippen molar-refractivity contribution in [3.05, 3.63) is 47.3 Å². The van der Waals surface area contributed by atoms with E-state index in [1.54, 1.807) is 6.20 Å². The Morgan fingerprint density at radius 1 is 1.33 bits per heavy atom. The zero-order valence-corrected chi connectivity index (χ0v) is 14.2. The van der Waals surface area contributed by atoms with Crippen molar-refractivity contribution in [3.8, 4) is 5.75 Å². The maximum absolute atomic E-state index is 13.1. The van der Waals surface area contributed by atoms with Gasteiger partial charge in [0.2, 0.25) is 0 Å². The molecule has 2 aliphatic heterocycles. The number of fused-ring (bicyclic) bond motifs is 1. The van der Waals surface area contributed by atoms with E-state index in [4.69, 9.17) is 4.74 Å². The smallest absolute Gasteiger partial charge is 0.257 e. The van der Waals surface area contributed by atoms with Gasteiger partial charge in [0, 0.05) is 42.4 Å². The van der Waals surface area contributed by atoms with Crippen LogP contribution in [0.2, 0.25) is 0 Å². The summed E-state index contributed by atoms with van der Waals surface area (Å²) in [6.07, 6.45) is 3.99. The maximum Gasteiger partial charge on any atom is 0.257 e. The molecule has 1 fully saturated rings. The minimum atomic E-state index is 0.0809. The minimum Gasteiger partial charge on any atom is -0.489 e. The second kappa shape index (κ2) is 5.96. The molecule has 3 atom stereocenters. The van der Waals surface area contributed by atoms with Gasteiger partial charge in [0.15, 0.2) is 0 Å². The van der Waals surface area contributed by atoms with Crippen molar-refractivity contribution in [3.63, 3.8) is 0 Å². The average Bonchev–Trinajstić information content (AvgIpc) is 3.24. The molecule has 1 saturated heterocycles. The predicted octanol–water partition coefficient (Wildman–Crippen LogP) is 3.31. The number of rotatable bonds is 2. The van der Waals surface area contributed by atoms with Crippen molar-refractivity contribution in [1.29, 1.82) is 0 Å². The van der Waals surface area contributed by atoms with Crippen molar-refractivity contribution in [2.45, 2.75) is 44.6 Å². The van der Waals surface area contributed by atoms with Crippen molar-refractivity contribution < 1.29 is 9.53 Å². The van der Waals surface area contributed by atoms with E-state index in [0.717, 1.165) is 42.9 Å². The van der Waals surface area contributed by atoms with Crippen LogP contribution in [0.5, 0.6) is 5.75 Å². The van der Waals surface area contributed by atoms with Crippen molar-refractivity contribution in [2.75, 3.05) is 13.1 Å². The van der Waals surface area contributed by atoms with Gasteiger partial charge in [0.1, 0.15) is 11.9 Å². The van der Waals surface area contributed by atoms with E-state index in [9.17, 15) is 4.79 Å². The number of piperidine rings is 1. The fraction of sp³-hybridized carbons (Fsp3) is 0.474. The number of para-hydroxylation sites is 1. The summed E-state index contributed by atoms with van der Waals surface area (Å²) in [7, 11) is 0. The Bertz CT molecular complexity index is 741. The number of benzene rings is 1. The summed E-state index contributed by atoms with van der Waals surface area (Å²) >= 11 is 0. The summed E-state index contributed by atoms with van der Waals surface area (Å²) in [6.45, 7) is 5.75. The van der Waals surface area contributed by atoms with E-state index in [2.05, 4.69) is 30.1 Å². The molecular formula is C19H23N3O2. The number of carbonyl (C=O) groups is 1. The Hall–Kier alpha value is -2.30. The second-order valence-corrected chi connectivity index (χ2v) is 6.94. The third-order valence-corrected chi connectivity index (χ3v) is 5.45. The number of ether oxygens (including phenoxy) is 1. The quantitative estimate of drug-likeness (QED) is 0.921. The lowest BCUT2D eigenvalue weighted by Gasteiger charge is -2.32. The summed E-state index contributed by atoms with van der Waals surface area (Å²) in [5.41, 5.74) is 2.97. The standard InChI is InChI=1S/C19H23N3O2/c1-12-13(2)24-18-15(12)6-3-7-16(18)19(23)22-10-4-5-14(11-22)17-8-9-20-21-17/h3,6-9,12-14H,4-5,10-11H2,1-2H3,(H,20,21)/t12-,13-,14-/m0/s1. The van der Waals surface area contributed by atoms with Gasteiger partial charge in [-0.15, -0.1) is 0 Å². The molecule has 1 amide bonds. The van der Waals surface area contributed by atoms with E-state index < -0.39 is 0 Å². The zero-order valence-electron chi connectivity index (χ0n) is 14.2. The SMILES string of the molecule is C[C@@H]1Oc2c(C(=O)N3CCC[C@H](c4ccn[nH]4)C3)cccc2[C@H]1C. The van der Waals surface area contributed by atoms with Gasteiger partial charge in [-0.2, -0.15) is 5.10 Å². The van der Waals surface area contributed by atoms with Crippen LogP contribution in [0.3, 0.4) is 0 Å². The van der Waals surface area contributed by atoms with Gasteiger partial charge in [-0.1, -0.05) is 19.1 Å². The fourth-order valence-electron chi connectivity index (χ4n) is 3.83. The van der Waals surface area contributed by atoms with Crippen LogP contribution >= 0.6 is 0 Å². The number of aromatic amines is 1. The molecule has 2 aromatic rings. The first kappa shape index (κ1) is 15.2.